The van der Waals surface area contributed by atoms with E-state index < -0.39 is 6.10 Å². The predicted octanol–water partition coefficient (Wildman–Crippen LogP) is 0.146. The summed E-state index contributed by atoms with van der Waals surface area (Å²) in [6, 6.07) is 0.285. The summed E-state index contributed by atoms with van der Waals surface area (Å²) in [4.78, 5) is 2.04. The van der Waals surface area contributed by atoms with Gasteiger partial charge in [0.15, 0.2) is 0 Å². The van der Waals surface area contributed by atoms with Gasteiger partial charge >= 0.3 is 0 Å². The van der Waals surface area contributed by atoms with Crippen LogP contribution < -0.4 is 5.73 Å². The van der Waals surface area contributed by atoms with Crippen molar-refractivity contribution in [1.29, 1.82) is 0 Å². The highest BCUT2D eigenvalue weighted by molar-refractivity contribution is 5.46. The molecular weight excluding hydrogens is 244 g/mol. The van der Waals surface area contributed by atoms with Crippen molar-refractivity contribution in [2.75, 3.05) is 25.4 Å². The van der Waals surface area contributed by atoms with E-state index in [4.69, 9.17) is 10.8 Å². The summed E-state index contributed by atoms with van der Waals surface area (Å²) in [6.45, 7) is 9.43. The summed E-state index contributed by atoms with van der Waals surface area (Å²) in [7, 11) is 0. The minimum Gasteiger partial charge on any atom is -0.396 e. The van der Waals surface area contributed by atoms with Gasteiger partial charge in [-0.15, -0.1) is 0 Å². The summed E-state index contributed by atoms with van der Waals surface area (Å²) in [5.41, 5.74) is 8.23. The molecule has 0 amide bonds. The van der Waals surface area contributed by atoms with Gasteiger partial charge in [-0.1, -0.05) is 0 Å². The minimum atomic E-state index is -0.536. The lowest BCUT2D eigenvalue weighted by atomic mass is 10.2. The Morgan fingerprint density at radius 2 is 2.00 bits per heavy atom. The third-order valence-corrected chi connectivity index (χ3v) is 3.38. The topological polar surface area (TPSA) is 87.5 Å². The maximum absolute atomic E-state index is 10.1. The van der Waals surface area contributed by atoms with Gasteiger partial charge in [-0.05, 0) is 27.7 Å². The van der Waals surface area contributed by atoms with Crippen LogP contribution in [0.1, 0.15) is 25.2 Å². The Morgan fingerprint density at radius 3 is 2.42 bits per heavy atom. The van der Waals surface area contributed by atoms with E-state index in [1.807, 2.05) is 32.6 Å². The quantitative estimate of drug-likeness (QED) is 0.656. The molecule has 4 N–H and O–H groups in total. The van der Waals surface area contributed by atoms with Gasteiger partial charge in [0, 0.05) is 19.1 Å². The van der Waals surface area contributed by atoms with Crippen molar-refractivity contribution in [3.63, 3.8) is 0 Å². The number of nitrogens with two attached hydrogens (primary N) is 1. The van der Waals surface area contributed by atoms with E-state index in [1.54, 1.807) is 4.68 Å². The van der Waals surface area contributed by atoms with Crippen molar-refractivity contribution in [3.8, 4) is 0 Å². The van der Waals surface area contributed by atoms with Gasteiger partial charge in [0.1, 0.15) is 0 Å². The zero-order valence-corrected chi connectivity index (χ0v) is 12.3. The molecule has 1 unspecified atom stereocenters. The van der Waals surface area contributed by atoms with Gasteiger partial charge in [-0.25, -0.2) is 0 Å². The second kappa shape index (κ2) is 6.88. The van der Waals surface area contributed by atoms with Crippen LogP contribution in [0.5, 0.6) is 0 Å². The van der Waals surface area contributed by atoms with Crippen LogP contribution >= 0.6 is 0 Å². The largest absolute Gasteiger partial charge is 0.396 e. The first-order valence-electron chi connectivity index (χ1n) is 6.69. The Kier molecular flexibility index (Phi) is 5.78. The Morgan fingerprint density at radius 1 is 1.37 bits per heavy atom. The molecule has 1 heterocycles. The van der Waals surface area contributed by atoms with E-state index in [1.165, 1.54) is 0 Å². The van der Waals surface area contributed by atoms with Gasteiger partial charge in [-0.2, -0.15) is 5.10 Å². The fourth-order valence-electron chi connectivity index (χ4n) is 2.11. The van der Waals surface area contributed by atoms with E-state index in [-0.39, 0.29) is 12.6 Å². The summed E-state index contributed by atoms with van der Waals surface area (Å²) in [5, 5.41) is 23.5. The van der Waals surface area contributed by atoms with Crippen LogP contribution in [0.2, 0.25) is 0 Å². The van der Waals surface area contributed by atoms with Crippen LogP contribution in [0.4, 0.5) is 5.69 Å². The summed E-state index contributed by atoms with van der Waals surface area (Å²) in [6.07, 6.45) is -0.536. The summed E-state index contributed by atoms with van der Waals surface area (Å²) in [5.74, 6) is 0. The minimum absolute atomic E-state index is 0.0950. The molecule has 1 aromatic heterocycles. The number of aliphatic hydroxyl groups excluding tert-OH is 2. The molecule has 0 aromatic carbocycles. The Labute approximate surface area is 114 Å². The average Bonchev–Trinajstić information content (AvgIpc) is 2.56. The number of aliphatic hydroxyl groups is 2. The van der Waals surface area contributed by atoms with E-state index in [9.17, 15) is 5.11 Å². The van der Waals surface area contributed by atoms with Crippen molar-refractivity contribution in [2.24, 2.45) is 0 Å². The van der Waals surface area contributed by atoms with E-state index in [0.717, 1.165) is 11.4 Å². The normalized spacial score (nSPS) is 13.5. The number of nitrogens with zero attached hydrogens (tertiary/aromatic N) is 3. The molecule has 0 aliphatic rings. The highest BCUT2D eigenvalue weighted by Gasteiger charge is 2.17. The molecule has 0 radical (unpaired) electrons. The van der Waals surface area contributed by atoms with E-state index >= 15 is 0 Å². The van der Waals surface area contributed by atoms with Gasteiger partial charge in [0.05, 0.1) is 36.3 Å². The third kappa shape index (κ3) is 4.19. The molecule has 110 valence electrons. The number of rotatable bonds is 7. The molecule has 0 aliphatic heterocycles. The number of hydrogen-bond acceptors (Lipinski definition) is 5. The van der Waals surface area contributed by atoms with E-state index in [2.05, 4.69) is 5.10 Å². The average molecular weight is 270 g/mol. The molecule has 1 atom stereocenters. The standard InChI is InChI=1S/C13H26N4O2/c1-9(2)16(5-6-18)7-12(19)8-17-11(4)13(14)10(3)15-17/h9,12,18-19H,5-8,14H2,1-4H3. The first-order chi connectivity index (χ1) is 8.86. The third-order valence-electron chi connectivity index (χ3n) is 3.38. The highest BCUT2D eigenvalue weighted by Crippen LogP contribution is 2.15. The molecule has 0 bridgehead atoms. The van der Waals surface area contributed by atoms with Crippen molar-refractivity contribution < 1.29 is 10.2 Å². The maximum atomic E-state index is 10.1. The van der Waals surface area contributed by atoms with Crippen molar-refractivity contribution in [3.05, 3.63) is 11.4 Å². The first-order valence-corrected chi connectivity index (χ1v) is 6.69. The van der Waals surface area contributed by atoms with Crippen LogP contribution in [0.25, 0.3) is 0 Å². The maximum Gasteiger partial charge on any atom is 0.0862 e. The van der Waals surface area contributed by atoms with E-state index in [0.29, 0.717) is 25.3 Å². The van der Waals surface area contributed by atoms with Crippen molar-refractivity contribution in [1.82, 2.24) is 14.7 Å². The number of hydrogen-bond donors (Lipinski definition) is 3. The van der Waals surface area contributed by atoms with Crippen molar-refractivity contribution in [2.45, 2.75) is 46.4 Å². The van der Waals surface area contributed by atoms with Crippen LogP contribution in [0.15, 0.2) is 0 Å². The Hall–Kier alpha value is -1.11. The fourth-order valence-corrected chi connectivity index (χ4v) is 2.11. The molecule has 6 nitrogen and oxygen atoms in total. The van der Waals surface area contributed by atoms with Gasteiger partial charge in [-0.3, -0.25) is 9.58 Å². The van der Waals surface area contributed by atoms with Crippen LogP contribution in [0, 0.1) is 13.8 Å². The molecule has 0 aliphatic carbocycles. The lowest BCUT2D eigenvalue weighted by Crippen LogP contribution is -2.40. The second-order valence-corrected chi connectivity index (χ2v) is 5.23. The van der Waals surface area contributed by atoms with Gasteiger partial charge < -0.3 is 15.9 Å². The Bertz CT molecular complexity index is 404. The van der Waals surface area contributed by atoms with Crippen LogP contribution in [-0.2, 0) is 6.54 Å². The highest BCUT2D eigenvalue weighted by atomic mass is 16.3. The lowest BCUT2D eigenvalue weighted by Gasteiger charge is -2.28. The fraction of sp³-hybridized carbons (Fsp3) is 0.769. The monoisotopic (exact) mass is 270 g/mol. The van der Waals surface area contributed by atoms with Crippen LogP contribution in [0.3, 0.4) is 0 Å². The second-order valence-electron chi connectivity index (χ2n) is 5.23. The SMILES string of the molecule is Cc1nn(CC(O)CN(CCO)C(C)C)c(C)c1N. The molecule has 0 spiro atoms. The Balaban J connectivity index is 2.63. The summed E-state index contributed by atoms with van der Waals surface area (Å²) < 4.78 is 1.74. The molecule has 19 heavy (non-hydrogen) atoms. The van der Waals surface area contributed by atoms with Gasteiger partial charge in [0.25, 0.3) is 0 Å². The zero-order chi connectivity index (χ0) is 14.6. The van der Waals surface area contributed by atoms with Gasteiger partial charge in [0.2, 0.25) is 0 Å². The zero-order valence-electron chi connectivity index (χ0n) is 12.3. The number of aromatic nitrogens is 2. The molecule has 1 aromatic rings. The molecule has 0 saturated carbocycles. The van der Waals surface area contributed by atoms with Crippen LogP contribution in [-0.4, -0.2) is 56.7 Å². The smallest absolute Gasteiger partial charge is 0.0862 e. The van der Waals surface area contributed by atoms with Crippen molar-refractivity contribution >= 4 is 5.69 Å². The number of aryl methyl sites for hydroxylation is 1. The predicted molar refractivity (Wildman–Crippen MR) is 75.9 cm³/mol. The number of anilines is 1. The first kappa shape index (κ1) is 15.9. The molecule has 6 heteroatoms. The molecule has 1 rings (SSSR count). The number of nitrogen functional groups attached to an aromatic ring is 1. The molecular formula is C13H26N4O2. The summed E-state index contributed by atoms with van der Waals surface area (Å²) >= 11 is 0. The molecule has 0 fully saturated rings. The molecule has 0 saturated heterocycles. The lowest BCUT2D eigenvalue weighted by molar-refractivity contribution is 0.0692.